The zero-order chi connectivity index (χ0) is 13.9. The van der Waals surface area contributed by atoms with E-state index in [1.807, 2.05) is 6.92 Å². The molecule has 0 radical (unpaired) electrons. The maximum Gasteiger partial charge on any atom is 0.316 e. The van der Waals surface area contributed by atoms with Crippen molar-refractivity contribution in [1.29, 1.82) is 0 Å². The summed E-state index contributed by atoms with van der Waals surface area (Å²) in [7, 11) is 0. The van der Waals surface area contributed by atoms with E-state index < -0.39 is 11.4 Å². The van der Waals surface area contributed by atoms with Crippen LogP contribution in [0.3, 0.4) is 0 Å². The van der Waals surface area contributed by atoms with Crippen LogP contribution in [0, 0.1) is 5.41 Å². The summed E-state index contributed by atoms with van der Waals surface area (Å²) in [6.45, 7) is 6.81. The van der Waals surface area contributed by atoms with Crippen LogP contribution < -0.4 is 4.74 Å². The van der Waals surface area contributed by atoms with Crippen molar-refractivity contribution in [3.63, 3.8) is 0 Å². The number of benzene rings is 1. The lowest BCUT2D eigenvalue weighted by atomic mass is 9.90. The van der Waals surface area contributed by atoms with Crippen LogP contribution in [-0.4, -0.2) is 16.9 Å². The zero-order valence-electron chi connectivity index (χ0n) is 11.1. The predicted molar refractivity (Wildman–Crippen MR) is 67.8 cm³/mol. The molecule has 98 valence electrons. The number of phenols is 1. The van der Waals surface area contributed by atoms with Crippen molar-refractivity contribution in [1.82, 2.24) is 0 Å². The van der Waals surface area contributed by atoms with Crippen LogP contribution in [0.1, 0.15) is 44.5 Å². The summed E-state index contributed by atoms with van der Waals surface area (Å²) in [6, 6.07) is 4.10. The number of hydrogen-bond acceptors (Lipinski definition) is 4. The van der Waals surface area contributed by atoms with Crippen molar-refractivity contribution in [3.05, 3.63) is 23.8 Å². The van der Waals surface area contributed by atoms with Crippen LogP contribution in [0.2, 0.25) is 0 Å². The Bertz CT molecular complexity index is 475. The lowest BCUT2D eigenvalue weighted by Crippen LogP contribution is -2.28. The Hall–Kier alpha value is -1.84. The Morgan fingerprint density at radius 1 is 1.33 bits per heavy atom. The third-order valence-electron chi connectivity index (χ3n) is 2.98. The van der Waals surface area contributed by atoms with Gasteiger partial charge >= 0.3 is 5.97 Å². The normalized spacial score (nSPS) is 11.1. The highest BCUT2D eigenvalue weighted by molar-refractivity contribution is 5.98. The SMILES string of the molecule is CCC(C)(C)C(=O)Oc1ccc(O)cc1C(C)=O. The molecule has 1 N–H and O–H groups in total. The smallest absolute Gasteiger partial charge is 0.316 e. The number of carbonyl (C=O) groups excluding carboxylic acids is 2. The quantitative estimate of drug-likeness (QED) is 0.507. The second-order valence-electron chi connectivity index (χ2n) is 4.86. The molecule has 0 aliphatic heterocycles. The Morgan fingerprint density at radius 3 is 2.44 bits per heavy atom. The Kier molecular flexibility index (Phi) is 4.11. The van der Waals surface area contributed by atoms with E-state index in [1.165, 1.54) is 25.1 Å². The average molecular weight is 250 g/mol. The van der Waals surface area contributed by atoms with E-state index in [2.05, 4.69) is 0 Å². The van der Waals surface area contributed by atoms with Crippen molar-refractivity contribution in [2.75, 3.05) is 0 Å². The first-order valence-electron chi connectivity index (χ1n) is 5.84. The number of esters is 1. The van der Waals surface area contributed by atoms with Crippen LogP contribution in [0.4, 0.5) is 0 Å². The topological polar surface area (TPSA) is 63.6 Å². The molecule has 0 aliphatic carbocycles. The minimum Gasteiger partial charge on any atom is -0.508 e. The number of rotatable bonds is 4. The molecule has 1 rings (SSSR count). The standard InChI is InChI=1S/C14H18O4/c1-5-14(3,4)13(17)18-12-7-6-10(16)8-11(12)9(2)15/h6-8,16H,5H2,1-4H3. The van der Waals surface area contributed by atoms with Gasteiger partial charge < -0.3 is 9.84 Å². The maximum absolute atomic E-state index is 11.9. The molecule has 0 heterocycles. The minimum absolute atomic E-state index is 0.0326. The van der Waals surface area contributed by atoms with Gasteiger partial charge in [-0.2, -0.15) is 0 Å². The molecule has 0 spiro atoms. The highest BCUT2D eigenvalue weighted by Gasteiger charge is 2.28. The molecule has 1 aromatic carbocycles. The van der Waals surface area contributed by atoms with Crippen LogP contribution in [-0.2, 0) is 4.79 Å². The second kappa shape index (κ2) is 5.21. The summed E-state index contributed by atoms with van der Waals surface area (Å²) < 4.78 is 5.25. The summed E-state index contributed by atoms with van der Waals surface area (Å²) in [4.78, 5) is 23.3. The molecule has 0 unspecified atom stereocenters. The van der Waals surface area contributed by atoms with Gasteiger partial charge in [0, 0.05) is 0 Å². The van der Waals surface area contributed by atoms with Gasteiger partial charge in [0.05, 0.1) is 11.0 Å². The van der Waals surface area contributed by atoms with E-state index in [0.29, 0.717) is 6.42 Å². The second-order valence-corrected chi connectivity index (χ2v) is 4.86. The Morgan fingerprint density at radius 2 is 1.94 bits per heavy atom. The lowest BCUT2D eigenvalue weighted by Gasteiger charge is -2.20. The summed E-state index contributed by atoms with van der Waals surface area (Å²) in [5.41, 5.74) is -0.401. The first-order valence-corrected chi connectivity index (χ1v) is 5.84. The highest BCUT2D eigenvalue weighted by Crippen LogP contribution is 2.28. The number of phenolic OH excluding ortho intramolecular Hbond substituents is 1. The number of Topliss-reactive ketones (excluding diaryl/α,β-unsaturated/α-hetero) is 1. The summed E-state index contributed by atoms with van der Waals surface area (Å²) >= 11 is 0. The van der Waals surface area contributed by atoms with Crippen LogP contribution in [0.5, 0.6) is 11.5 Å². The van der Waals surface area contributed by atoms with Gasteiger partial charge in [-0.15, -0.1) is 0 Å². The highest BCUT2D eigenvalue weighted by atomic mass is 16.5. The van der Waals surface area contributed by atoms with Crippen LogP contribution in [0.25, 0.3) is 0 Å². The average Bonchev–Trinajstić information content (AvgIpc) is 2.31. The summed E-state index contributed by atoms with van der Waals surface area (Å²) in [6.07, 6.45) is 0.638. The lowest BCUT2D eigenvalue weighted by molar-refractivity contribution is -0.144. The predicted octanol–water partition coefficient (Wildman–Crippen LogP) is 2.94. The third kappa shape index (κ3) is 3.09. The fraction of sp³-hybridized carbons (Fsp3) is 0.429. The van der Waals surface area contributed by atoms with Crippen LogP contribution in [0.15, 0.2) is 18.2 Å². The molecule has 0 saturated heterocycles. The fourth-order valence-corrected chi connectivity index (χ4v) is 1.26. The molecule has 0 bridgehead atoms. The van der Waals surface area contributed by atoms with Gasteiger partial charge in [0.25, 0.3) is 0 Å². The molecule has 4 heteroatoms. The van der Waals surface area contributed by atoms with Crippen molar-refractivity contribution >= 4 is 11.8 Å². The first-order chi connectivity index (χ1) is 8.27. The molecule has 0 aromatic heterocycles. The molecule has 1 aromatic rings. The van der Waals surface area contributed by atoms with Gasteiger partial charge in [-0.05, 0) is 45.4 Å². The maximum atomic E-state index is 11.9. The van der Waals surface area contributed by atoms with Gasteiger partial charge in [-0.25, -0.2) is 0 Å². The van der Waals surface area contributed by atoms with Crippen molar-refractivity contribution < 1.29 is 19.4 Å². The third-order valence-corrected chi connectivity index (χ3v) is 2.98. The molecule has 0 saturated carbocycles. The van der Waals surface area contributed by atoms with Crippen molar-refractivity contribution in [3.8, 4) is 11.5 Å². The largest absolute Gasteiger partial charge is 0.508 e. The molecule has 0 amide bonds. The number of carbonyl (C=O) groups is 2. The van der Waals surface area contributed by atoms with E-state index in [-0.39, 0.29) is 22.8 Å². The first kappa shape index (κ1) is 14.2. The number of aromatic hydroxyl groups is 1. The summed E-state index contributed by atoms with van der Waals surface area (Å²) in [5.74, 6) is -0.497. The van der Waals surface area contributed by atoms with Gasteiger partial charge in [0.2, 0.25) is 0 Å². The molecule has 18 heavy (non-hydrogen) atoms. The van der Waals surface area contributed by atoms with Gasteiger partial charge in [-0.3, -0.25) is 9.59 Å². The fourth-order valence-electron chi connectivity index (χ4n) is 1.26. The van der Waals surface area contributed by atoms with Crippen molar-refractivity contribution in [2.24, 2.45) is 5.41 Å². The monoisotopic (exact) mass is 250 g/mol. The molecular formula is C14H18O4. The van der Waals surface area contributed by atoms with E-state index >= 15 is 0 Å². The zero-order valence-corrected chi connectivity index (χ0v) is 11.1. The van der Waals surface area contributed by atoms with Gasteiger partial charge in [0.15, 0.2) is 5.78 Å². The van der Waals surface area contributed by atoms with Gasteiger partial charge in [-0.1, -0.05) is 6.92 Å². The minimum atomic E-state index is -0.605. The van der Waals surface area contributed by atoms with Gasteiger partial charge in [0.1, 0.15) is 11.5 Å². The van der Waals surface area contributed by atoms with E-state index in [1.54, 1.807) is 13.8 Å². The molecule has 0 atom stereocenters. The molecule has 0 fully saturated rings. The van der Waals surface area contributed by atoms with Crippen molar-refractivity contribution in [2.45, 2.75) is 34.1 Å². The molecule has 0 aliphatic rings. The number of hydrogen-bond donors (Lipinski definition) is 1. The summed E-state index contributed by atoms with van der Waals surface area (Å²) in [5, 5.41) is 9.33. The molecular weight excluding hydrogens is 232 g/mol. The Balaban J connectivity index is 3.05. The van der Waals surface area contributed by atoms with E-state index in [4.69, 9.17) is 4.74 Å². The van der Waals surface area contributed by atoms with Crippen LogP contribution >= 0.6 is 0 Å². The Labute approximate surface area is 107 Å². The van der Waals surface area contributed by atoms with E-state index in [9.17, 15) is 14.7 Å². The number of ketones is 1. The molecule has 4 nitrogen and oxygen atoms in total. The number of ether oxygens (including phenoxy) is 1. The van der Waals surface area contributed by atoms with E-state index in [0.717, 1.165) is 0 Å².